The van der Waals surface area contributed by atoms with Crippen LogP contribution < -0.4 is 15.8 Å². The Morgan fingerprint density at radius 2 is 1.90 bits per heavy atom. The molecule has 1 unspecified atom stereocenters. The molecular formula is C22H29ClN4O3. The molecule has 1 atom stereocenters. The molecule has 30 heavy (non-hydrogen) atoms. The van der Waals surface area contributed by atoms with Crippen molar-refractivity contribution < 1.29 is 14.6 Å². The number of anilines is 1. The maximum atomic E-state index is 12.0. The third-order valence-electron chi connectivity index (χ3n) is 4.99. The van der Waals surface area contributed by atoms with E-state index in [0.717, 1.165) is 25.2 Å². The third kappa shape index (κ3) is 6.11. The Balaban J connectivity index is 0.00000320. The molecule has 2 aromatic carbocycles. The second kappa shape index (κ2) is 10.8. The van der Waals surface area contributed by atoms with E-state index in [9.17, 15) is 9.90 Å². The summed E-state index contributed by atoms with van der Waals surface area (Å²) in [5.74, 6) is -0.317. The fourth-order valence-electron chi connectivity index (χ4n) is 3.59. The van der Waals surface area contributed by atoms with Crippen LogP contribution in [0.15, 0.2) is 42.5 Å². The van der Waals surface area contributed by atoms with Crippen molar-refractivity contribution >= 4 is 29.9 Å². The molecule has 1 aliphatic heterocycles. The summed E-state index contributed by atoms with van der Waals surface area (Å²) < 4.78 is 5.70. The Labute approximate surface area is 183 Å². The Hall–Kier alpha value is -2.77. The smallest absolute Gasteiger partial charge is 0.330 e. The van der Waals surface area contributed by atoms with Crippen LogP contribution in [0.5, 0.6) is 5.75 Å². The predicted octanol–water partition coefficient (Wildman–Crippen LogP) is 3.62. The molecule has 3 rings (SSSR count). The molecule has 5 N–H and O–H groups in total. The maximum Gasteiger partial charge on any atom is 0.330 e. The number of likely N-dealkylation sites (tertiary alicyclic amines) is 1. The average Bonchev–Trinajstić information content (AvgIpc) is 3.19. The number of halogens is 1. The topological polar surface area (TPSA) is 112 Å². The van der Waals surface area contributed by atoms with Crippen LogP contribution in [0.1, 0.15) is 42.5 Å². The number of nitrogen functional groups attached to an aromatic ring is 1. The molecule has 1 fully saturated rings. The summed E-state index contributed by atoms with van der Waals surface area (Å²) in [6, 6.07) is 11.6. The lowest BCUT2D eigenvalue weighted by atomic mass is 10.0. The van der Waals surface area contributed by atoms with Gasteiger partial charge >= 0.3 is 5.97 Å². The number of nitrogens with two attached hydrogens (primary N) is 1. The molecule has 2 aromatic rings. The van der Waals surface area contributed by atoms with E-state index in [0.29, 0.717) is 29.2 Å². The van der Waals surface area contributed by atoms with Crippen molar-refractivity contribution in [1.82, 2.24) is 4.90 Å². The van der Waals surface area contributed by atoms with Gasteiger partial charge in [-0.05, 0) is 80.4 Å². The fraction of sp³-hybridized carbons (Fsp3) is 0.364. The molecule has 0 saturated carbocycles. The molecule has 0 aliphatic carbocycles. The highest BCUT2D eigenvalue weighted by Crippen LogP contribution is 2.27. The quantitative estimate of drug-likeness (QED) is 0.355. The molecule has 1 saturated heterocycles. The Bertz CT molecular complexity index is 867. The maximum absolute atomic E-state index is 12.0. The molecular weight excluding hydrogens is 404 g/mol. The highest BCUT2D eigenvalue weighted by atomic mass is 35.5. The largest absolute Gasteiger partial charge is 0.494 e. The van der Waals surface area contributed by atoms with Gasteiger partial charge in [0.15, 0.2) is 6.04 Å². The third-order valence-corrected chi connectivity index (χ3v) is 4.99. The van der Waals surface area contributed by atoms with E-state index in [-0.39, 0.29) is 18.2 Å². The van der Waals surface area contributed by atoms with Crippen LogP contribution in [0.25, 0.3) is 0 Å². The highest BCUT2D eigenvalue weighted by molar-refractivity contribution is 5.95. The number of amidine groups is 1. The lowest BCUT2D eigenvalue weighted by molar-refractivity contribution is -0.138. The van der Waals surface area contributed by atoms with Crippen molar-refractivity contribution in [3.8, 4) is 5.75 Å². The molecule has 8 heteroatoms. The van der Waals surface area contributed by atoms with E-state index in [1.807, 2.05) is 19.1 Å². The van der Waals surface area contributed by atoms with Gasteiger partial charge in [-0.2, -0.15) is 0 Å². The van der Waals surface area contributed by atoms with E-state index >= 15 is 0 Å². The van der Waals surface area contributed by atoms with Gasteiger partial charge in [0.1, 0.15) is 11.6 Å². The summed E-state index contributed by atoms with van der Waals surface area (Å²) in [7, 11) is 0. The highest BCUT2D eigenvalue weighted by Gasteiger charge is 2.22. The second-order valence-electron chi connectivity index (χ2n) is 7.23. The van der Waals surface area contributed by atoms with Gasteiger partial charge in [0.05, 0.1) is 6.61 Å². The first kappa shape index (κ1) is 23.5. The minimum absolute atomic E-state index is 0. The minimum Gasteiger partial charge on any atom is -0.494 e. The first-order valence-electron chi connectivity index (χ1n) is 9.89. The number of carboxylic acid groups (broad SMARTS) is 1. The van der Waals surface area contributed by atoms with Crippen molar-refractivity contribution in [2.75, 3.05) is 25.0 Å². The molecule has 0 bridgehead atoms. The van der Waals surface area contributed by atoms with Crippen LogP contribution in [0.4, 0.5) is 5.69 Å². The van der Waals surface area contributed by atoms with Crippen LogP contribution >= 0.6 is 12.4 Å². The molecule has 0 spiro atoms. The molecule has 1 aliphatic rings. The van der Waals surface area contributed by atoms with Gasteiger partial charge in [0.2, 0.25) is 0 Å². The van der Waals surface area contributed by atoms with Gasteiger partial charge in [-0.3, -0.25) is 10.3 Å². The summed E-state index contributed by atoms with van der Waals surface area (Å²) in [6.07, 6.45) is 2.40. The van der Waals surface area contributed by atoms with Gasteiger partial charge in [-0.25, -0.2) is 4.79 Å². The van der Waals surface area contributed by atoms with Gasteiger partial charge in [-0.15, -0.1) is 12.4 Å². The number of nitrogens with zero attached hydrogens (tertiary/aromatic N) is 1. The van der Waals surface area contributed by atoms with E-state index < -0.39 is 12.0 Å². The fourth-order valence-corrected chi connectivity index (χ4v) is 3.59. The van der Waals surface area contributed by atoms with Gasteiger partial charge in [0.25, 0.3) is 0 Å². The van der Waals surface area contributed by atoms with Gasteiger partial charge in [0, 0.05) is 17.8 Å². The number of rotatable bonds is 9. The molecule has 0 radical (unpaired) electrons. The zero-order chi connectivity index (χ0) is 20.8. The van der Waals surface area contributed by atoms with Gasteiger partial charge < -0.3 is 20.9 Å². The monoisotopic (exact) mass is 432 g/mol. The molecule has 1 heterocycles. The summed E-state index contributed by atoms with van der Waals surface area (Å²) >= 11 is 0. The Kier molecular flexibility index (Phi) is 8.50. The average molecular weight is 433 g/mol. The number of benzene rings is 2. The Morgan fingerprint density at radius 3 is 2.47 bits per heavy atom. The van der Waals surface area contributed by atoms with Crippen molar-refractivity contribution in [3.05, 3.63) is 59.2 Å². The lowest BCUT2D eigenvalue weighted by Gasteiger charge is -2.20. The predicted molar refractivity (Wildman–Crippen MR) is 121 cm³/mol. The van der Waals surface area contributed by atoms with Crippen LogP contribution in [-0.2, 0) is 11.3 Å². The minimum atomic E-state index is -0.971. The van der Waals surface area contributed by atoms with Gasteiger partial charge in [-0.1, -0.05) is 6.07 Å². The molecule has 7 nitrogen and oxygen atoms in total. The first-order valence-corrected chi connectivity index (χ1v) is 9.89. The second-order valence-corrected chi connectivity index (χ2v) is 7.23. The number of carboxylic acids is 1. The number of aliphatic carboxylic acids is 1. The first-order chi connectivity index (χ1) is 14.0. The van der Waals surface area contributed by atoms with Crippen LogP contribution in [0.2, 0.25) is 0 Å². The number of carbonyl (C=O) groups is 1. The van der Waals surface area contributed by atoms with Crippen LogP contribution in [-0.4, -0.2) is 41.5 Å². The standard InChI is InChI=1S/C22H28N4O3.ClH/c1-2-29-19-12-15(14-26-9-3-4-10-26)11-17(13-19)20(22(27)28)25-18-7-5-16(6-8-18)21(23)24;/h5-8,11-13,20,25H,2-4,9-10,14H2,1H3,(H3,23,24)(H,27,28);1H. The SMILES string of the molecule is CCOc1cc(CN2CCCC2)cc(C(Nc2ccc(C(=N)N)cc2)C(=O)O)c1.Cl. The van der Waals surface area contributed by atoms with Crippen molar-refractivity contribution in [1.29, 1.82) is 5.41 Å². The number of nitrogens with one attached hydrogen (secondary N) is 2. The molecule has 0 aromatic heterocycles. The van der Waals surface area contributed by atoms with E-state index in [1.165, 1.54) is 12.8 Å². The van der Waals surface area contributed by atoms with Crippen molar-refractivity contribution in [2.24, 2.45) is 5.73 Å². The van der Waals surface area contributed by atoms with Crippen molar-refractivity contribution in [3.63, 3.8) is 0 Å². The van der Waals surface area contributed by atoms with Crippen LogP contribution in [0, 0.1) is 5.41 Å². The number of hydrogen-bond donors (Lipinski definition) is 4. The summed E-state index contributed by atoms with van der Waals surface area (Å²) in [5.41, 5.74) is 8.41. The molecule has 0 amide bonds. The summed E-state index contributed by atoms with van der Waals surface area (Å²) in [5, 5.41) is 20.4. The Morgan fingerprint density at radius 1 is 1.23 bits per heavy atom. The normalized spacial score (nSPS) is 14.6. The summed E-state index contributed by atoms with van der Waals surface area (Å²) in [6.45, 7) is 5.35. The zero-order valence-electron chi connectivity index (χ0n) is 17.1. The number of ether oxygens (including phenoxy) is 1. The van der Waals surface area contributed by atoms with E-state index in [2.05, 4.69) is 10.2 Å². The van der Waals surface area contributed by atoms with Crippen molar-refractivity contribution in [2.45, 2.75) is 32.4 Å². The van der Waals surface area contributed by atoms with Crippen LogP contribution in [0.3, 0.4) is 0 Å². The molecule has 162 valence electrons. The number of hydrogen-bond acceptors (Lipinski definition) is 5. The van der Waals surface area contributed by atoms with E-state index in [1.54, 1.807) is 30.3 Å². The zero-order valence-corrected chi connectivity index (χ0v) is 17.9. The summed E-state index contributed by atoms with van der Waals surface area (Å²) in [4.78, 5) is 14.4. The lowest BCUT2D eigenvalue weighted by Crippen LogP contribution is -2.22. The van der Waals surface area contributed by atoms with E-state index in [4.69, 9.17) is 15.9 Å².